The number of piperidine rings is 1. The number of hydrogen-bond acceptors (Lipinski definition) is 3. The fourth-order valence-electron chi connectivity index (χ4n) is 4.12. The van der Waals surface area contributed by atoms with E-state index in [9.17, 15) is 4.79 Å². The average Bonchev–Trinajstić information content (AvgIpc) is 2.74. The van der Waals surface area contributed by atoms with Crippen molar-refractivity contribution in [3.8, 4) is 5.75 Å². The molecular formula is C25H34N2O2. The maximum atomic E-state index is 13.3. The third-order valence-electron chi connectivity index (χ3n) is 5.95. The first kappa shape index (κ1) is 21.4. The third-order valence-corrected chi connectivity index (χ3v) is 5.95. The van der Waals surface area contributed by atoms with Crippen LogP contribution in [-0.4, -0.2) is 48.5 Å². The summed E-state index contributed by atoms with van der Waals surface area (Å²) in [6, 6.07) is 16.5. The number of likely N-dealkylation sites (tertiary alicyclic amines) is 1. The van der Waals surface area contributed by atoms with Gasteiger partial charge >= 0.3 is 0 Å². The van der Waals surface area contributed by atoms with Gasteiger partial charge in [-0.3, -0.25) is 4.79 Å². The fourth-order valence-corrected chi connectivity index (χ4v) is 4.12. The number of nitrogens with zero attached hydrogens (tertiary/aromatic N) is 2. The van der Waals surface area contributed by atoms with Crippen molar-refractivity contribution < 1.29 is 9.53 Å². The van der Waals surface area contributed by atoms with Crippen LogP contribution in [0.5, 0.6) is 5.75 Å². The van der Waals surface area contributed by atoms with Gasteiger partial charge < -0.3 is 14.5 Å². The zero-order chi connectivity index (χ0) is 20.6. The molecule has 1 fully saturated rings. The van der Waals surface area contributed by atoms with E-state index in [2.05, 4.69) is 11.8 Å². The Hall–Kier alpha value is -2.33. The molecule has 1 amide bonds. The summed E-state index contributed by atoms with van der Waals surface area (Å²) in [4.78, 5) is 17.8. The minimum Gasteiger partial charge on any atom is -0.496 e. The highest BCUT2D eigenvalue weighted by molar-refractivity contribution is 5.94. The minimum atomic E-state index is 0.0857. The van der Waals surface area contributed by atoms with Gasteiger partial charge in [0.25, 0.3) is 5.91 Å². The van der Waals surface area contributed by atoms with E-state index in [1.807, 2.05) is 60.4 Å². The van der Waals surface area contributed by atoms with Crippen molar-refractivity contribution in [2.24, 2.45) is 0 Å². The van der Waals surface area contributed by atoms with Crippen molar-refractivity contribution in [3.63, 3.8) is 0 Å². The number of methoxy groups -OCH3 is 1. The summed E-state index contributed by atoms with van der Waals surface area (Å²) < 4.78 is 5.51. The van der Waals surface area contributed by atoms with E-state index >= 15 is 0 Å². The third kappa shape index (κ3) is 5.83. The maximum Gasteiger partial charge on any atom is 0.254 e. The molecule has 1 aliphatic rings. The number of ether oxygens (including phenoxy) is 1. The Balaban J connectivity index is 1.71. The van der Waals surface area contributed by atoms with Crippen LogP contribution in [0.25, 0.3) is 0 Å². The molecule has 4 nitrogen and oxygen atoms in total. The first-order valence-electron chi connectivity index (χ1n) is 10.8. The highest BCUT2D eigenvalue weighted by Crippen LogP contribution is 2.21. The highest BCUT2D eigenvalue weighted by atomic mass is 16.5. The SMILES string of the molecule is COc1ccccc1CN(CCCN1CCCCC1C)C(=O)c1ccc(C)cc1. The van der Waals surface area contributed by atoms with Crippen molar-refractivity contribution in [2.75, 3.05) is 26.7 Å². The van der Waals surface area contributed by atoms with E-state index in [-0.39, 0.29) is 5.91 Å². The van der Waals surface area contributed by atoms with Crippen LogP contribution < -0.4 is 4.74 Å². The van der Waals surface area contributed by atoms with Gasteiger partial charge in [-0.2, -0.15) is 0 Å². The summed E-state index contributed by atoms with van der Waals surface area (Å²) in [5, 5.41) is 0. The van der Waals surface area contributed by atoms with Crippen molar-refractivity contribution in [1.82, 2.24) is 9.80 Å². The monoisotopic (exact) mass is 394 g/mol. The molecule has 0 saturated carbocycles. The van der Waals surface area contributed by atoms with Crippen molar-refractivity contribution >= 4 is 5.91 Å². The Morgan fingerprint density at radius 1 is 1.14 bits per heavy atom. The molecule has 0 N–H and O–H groups in total. The topological polar surface area (TPSA) is 32.8 Å². The lowest BCUT2D eigenvalue weighted by Gasteiger charge is -2.34. The van der Waals surface area contributed by atoms with E-state index in [0.29, 0.717) is 12.6 Å². The molecule has 2 aromatic rings. The lowest BCUT2D eigenvalue weighted by molar-refractivity contribution is 0.0725. The minimum absolute atomic E-state index is 0.0857. The van der Waals surface area contributed by atoms with Gasteiger partial charge in [0.05, 0.1) is 7.11 Å². The van der Waals surface area contributed by atoms with Gasteiger partial charge in [0.2, 0.25) is 0 Å². The van der Waals surface area contributed by atoms with E-state index in [1.54, 1.807) is 7.11 Å². The Labute approximate surface area is 175 Å². The Kier molecular flexibility index (Phi) is 7.70. The normalized spacial score (nSPS) is 17.1. The molecule has 29 heavy (non-hydrogen) atoms. The highest BCUT2D eigenvalue weighted by Gasteiger charge is 2.20. The van der Waals surface area contributed by atoms with Gasteiger partial charge in [-0.1, -0.05) is 42.3 Å². The molecule has 156 valence electrons. The summed E-state index contributed by atoms with van der Waals surface area (Å²) >= 11 is 0. The van der Waals surface area contributed by atoms with Crippen LogP contribution in [0.2, 0.25) is 0 Å². The molecule has 3 rings (SSSR count). The van der Waals surface area contributed by atoms with Gasteiger partial charge in [0.15, 0.2) is 0 Å². The van der Waals surface area contributed by atoms with Crippen LogP contribution >= 0.6 is 0 Å². The van der Waals surface area contributed by atoms with E-state index in [0.717, 1.165) is 42.0 Å². The number of rotatable bonds is 8. The Bertz CT molecular complexity index is 788. The molecule has 0 bridgehead atoms. The second-order valence-corrected chi connectivity index (χ2v) is 8.14. The van der Waals surface area contributed by atoms with Crippen LogP contribution in [0, 0.1) is 6.92 Å². The lowest BCUT2D eigenvalue weighted by Crippen LogP contribution is -2.40. The van der Waals surface area contributed by atoms with Crippen LogP contribution in [0.15, 0.2) is 48.5 Å². The standard InChI is InChI=1S/C25H34N2O2/c1-20-12-14-22(15-13-20)25(28)27(19-23-10-4-5-11-24(23)29-3)18-8-17-26-16-7-6-9-21(26)2/h4-5,10-15,21H,6-9,16-19H2,1-3H3. The summed E-state index contributed by atoms with van der Waals surface area (Å²) in [6.45, 7) is 7.90. The number of aryl methyl sites for hydroxylation is 1. The van der Waals surface area contributed by atoms with Crippen LogP contribution in [0.4, 0.5) is 0 Å². The van der Waals surface area contributed by atoms with Gasteiger partial charge in [0, 0.05) is 36.8 Å². The van der Waals surface area contributed by atoms with Crippen molar-refractivity contribution in [1.29, 1.82) is 0 Å². The molecule has 2 aromatic carbocycles. The summed E-state index contributed by atoms with van der Waals surface area (Å²) in [7, 11) is 1.68. The Morgan fingerprint density at radius 2 is 1.90 bits per heavy atom. The average molecular weight is 395 g/mol. The van der Waals surface area contributed by atoms with Crippen molar-refractivity contribution in [2.45, 2.75) is 52.1 Å². The van der Waals surface area contributed by atoms with Crippen LogP contribution in [0.3, 0.4) is 0 Å². The molecule has 1 unspecified atom stereocenters. The second kappa shape index (κ2) is 10.4. The van der Waals surface area contributed by atoms with Gasteiger partial charge in [-0.25, -0.2) is 0 Å². The first-order valence-corrected chi connectivity index (χ1v) is 10.8. The zero-order valence-corrected chi connectivity index (χ0v) is 18.1. The molecule has 0 aromatic heterocycles. The molecule has 0 spiro atoms. The molecular weight excluding hydrogens is 360 g/mol. The lowest BCUT2D eigenvalue weighted by atomic mass is 10.0. The first-order chi connectivity index (χ1) is 14.1. The van der Waals surface area contributed by atoms with E-state index in [1.165, 1.54) is 25.8 Å². The van der Waals surface area contributed by atoms with Crippen LogP contribution in [0.1, 0.15) is 54.1 Å². The van der Waals surface area contributed by atoms with E-state index in [4.69, 9.17) is 4.74 Å². The summed E-state index contributed by atoms with van der Waals surface area (Å²) in [5.41, 5.74) is 2.95. The second-order valence-electron chi connectivity index (χ2n) is 8.14. The predicted octanol–water partition coefficient (Wildman–Crippen LogP) is 4.91. The predicted molar refractivity (Wildman–Crippen MR) is 118 cm³/mol. The molecule has 1 aliphatic heterocycles. The smallest absolute Gasteiger partial charge is 0.254 e. The Morgan fingerprint density at radius 3 is 2.62 bits per heavy atom. The van der Waals surface area contributed by atoms with Gasteiger partial charge in [0.1, 0.15) is 5.75 Å². The zero-order valence-electron chi connectivity index (χ0n) is 18.1. The maximum absolute atomic E-state index is 13.3. The van der Waals surface area contributed by atoms with Crippen molar-refractivity contribution in [3.05, 3.63) is 65.2 Å². The van der Waals surface area contributed by atoms with Gasteiger partial charge in [-0.05, 0) is 57.9 Å². The number of hydrogen-bond donors (Lipinski definition) is 0. The largest absolute Gasteiger partial charge is 0.496 e. The molecule has 1 atom stereocenters. The molecule has 0 radical (unpaired) electrons. The number of para-hydroxylation sites is 1. The molecule has 0 aliphatic carbocycles. The molecule has 1 heterocycles. The number of carbonyl (C=O) groups is 1. The number of benzene rings is 2. The van der Waals surface area contributed by atoms with Gasteiger partial charge in [-0.15, -0.1) is 0 Å². The quantitative estimate of drug-likeness (QED) is 0.638. The van der Waals surface area contributed by atoms with Crippen LogP contribution in [-0.2, 0) is 6.54 Å². The molecule has 1 saturated heterocycles. The summed E-state index contributed by atoms with van der Waals surface area (Å²) in [5.74, 6) is 0.918. The fraction of sp³-hybridized carbons (Fsp3) is 0.480. The summed E-state index contributed by atoms with van der Waals surface area (Å²) in [6.07, 6.45) is 4.89. The molecule has 4 heteroatoms. The number of carbonyl (C=O) groups excluding carboxylic acids is 1. The number of amides is 1. The van der Waals surface area contributed by atoms with E-state index < -0.39 is 0 Å².